The van der Waals surface area contributed by atoms with Gasteiger partial charge in [-0.3, -0.25) is 4.79 Å². The number of carbonyl (C=O) groups is 1. The highest BCUT2D eigenvalue weighted by atomic mass is 79.9. The summed E-state index contributed by atoms with van der Waals surface area (Å²) < 4.78 is 6.46. The summed E-state index contributed by atoms with van der Waals surface area (Å²) in [4.78, 5) is 13.0. The summed E-state index contributed by atoms with van der Waals surface area (Å²) in [5, 5.41) is 12.4. The highest BCUT2D eigenvalue weighted by Crippen LogP contribution is 2.30. The molecule has 0 saturated heterocycles. The molecular weight excluding hydrogens is 468 g/mol. The van der Waals surface area contributed by atoms with Gasteiger partial charge in [0.25, 0.3) is 0 Å². The molecule has 0 aliphatic rings. The Kier molecular flexibility index (Phi) is 7.37. The van der Waals surface area contributed by atoms with E-state index in [1.165, 1.54) is 0 Å². The lowest BCUT2D eigenvalue weighted by Crippen LogP contribution is -2.06. The molecule has 156 valence electrons. The maximum absolute atomic E-state index is 13.0. The van der Waals surface area contributed by atoms with Crippen LogP contribution >= 0.6 is 27.5 Å². The molecule has 5 nitrogen and oxygen atoms in total. The molecule has 3 aromatic rings. The van der Waals surface area contributed by atoms with Gasteiger partial charge in [-0.05, 0) is 67.1 Å². The Morgan fingerprint density at radius 3 is 2.57 bits per heavy atom. The second-order valence-corrected chi connectivity index (χ2v) is 8.11. The number of nitrogens with two attached hydrogens (primary N) is 1. The minimum absolute atomic E-state index is 0.0767. The van der Waals surface area contributed by atoms with Crippen molar-refractivity contribution in [1.82, 2.24) is 0 Å². The Bertz CT molecular complexity index is 1070. The first-order valence-corrected chi connectivity index (χ1v) is 10.6. The Balaban J connectivity index is 1.78. The summed E-state index contributed by atoms with van der Waals surface area (Å²) in [6.07, 6.45) is 0.557. The SMILES string of the molecule is Cc1cc(OCCCO)ccc1C(=O)c1ccc(Nc2ccc(Br)cc2N)cc1Cl. The molecule has 0 aromatic heterocycles. The average molecular weight is 490 g/mol. The quantitative estimate of drug-likeness (QED) is 0.214. The lowest BCUT2D eigenvalue weighted by Gasteiger charge is -2.13. The maximum Gasteiger partial charge on any atom is 0.194 e. The molecule has 0 radical (unpaired) electrons. The summed E-state index contributed by atoms with van der Waals surface area (Å²) in [5.74, 6) is 0.504. The summed E-state index contributed by atoms with van der Waals surface area (Å²) in [6, 6.07) is 16.0. The monoisotopic (exact) mass is 488 g/mol. The zero-order chi connectivity index (χ0) is 21.7. The van der Waals surface area contributed by atoms with Crippen LogP contribution in [-0.4, -0.2) is 24.1 Å². The van der Waals surface area contributed by atoms with Gasteiger partial charge in [0.15, 0.2) is 5.78 Å². The second kappa shape index (κ2) is 9.98. The van der Waals surface area contributed by atoms with Crippen LogP contribution in [-0.2, 0) is 0 Å². The van der Waals surface area contributed by atoms with E-state index in [1.54, 1.807) is 30.3 Å². The number of hydrogen-bond acceptors (Lipinski definition) is 5. The molecule has 0 saturated carbocycles. The van der Waals surface area contributed by atoms with Crippen molar-refractivity contribution in [2.45, 2.75) is 13.3 Å². The van der Waals surface area contributed by atoms with Crippen LogP contribution in [0.3, 0.4) is 0 Å². The van der Waals surface area contributed by atoms with Gasteiger partial charge in [0.2, 0.25) is 0 Å². The van der Waals surface area contributed by atoms with E-state index in [1.807, 2.05) is 31.2 Å². The minimum Gasteiger partial charge on any atom is -0.493 e. The molecule has 0 heterocycles. The number of aliphatic hydroxyl groups is 1. The highest BCUT2D eigenvalue weighted by molar-refractivity contribution is 9.10. The summed E-state index contributed by atoms with van der Waals surface area (Å²) in [7, 11) is 0. The van der Waals surface area contributed by atoms with Crippen LogP contribution in [0.5, 0.6) is 5.75 Å². The van der Waals surface area contributed by atoms with E-state index in [4.69, 9.17) is 27.2 Å². The molecule has 0 atom stereocenters. The molecule has 7 heteroatoms. The lowest BCUT2D eigenvalue weighted by molar-refractivity contribution is 0.103. The third-order valence-electron chi connectivity index (χ3n) is 4.52. The van der Waals surface area contributed by atoms with Crippen molar-refractivity contribution in [1.29, 1.82) is 0 Å². The minimum atomic E-state index is -0.158. The summed E-state index contributed by atoms with van der Waals surface area (Å²) in [5.41, 5.74) is 9.88. The Labute approximate surface area is 189 Å². The van der Waals surface area contributed by atoms with Gasteiger partial charge in [-0.15, -0.1) is 0 Å². The molecule has 0 bridgehead atoms. The molecule has 30 heavy (non-hydrogen) atoms. The van der Waals surface area contributed by atoms with Gasteiger partial charge in [0, 0.05) is 34.3 Å². The highest BCUT2D eigenvalue weighted by Gasteiger charge is 2.16. The van der Waals surface area contributed by atoms with Crippen molar-refractivity contribution in [3.8, 4) is 5.75 Å². The number of nitrogen functional groups attached to an aromatic ring is 1. The molecule has 0 spiro atoms. The molecule has 3 aromatic carbocycles. The fraction of sp³-hybridized carbons (Fsp3) is 0.174. The topological polar surface area (TPSA) is 84.6 Å². The zero-order valence-corrected chi connectivity index (χ0v) is 18.8. The van der Waals surface area contributed by atoms with E-state index < -0.39 is 0 Å². The fourth-order valence-electron chi connectivity index (χ4n) is 2.96. The van der Waals surface area contributed by atoms with E-state index in [0.29, 0.717) is 40.6 Å². The molecule has 0 amide bonds. The normalized spacial score (nSPS) is 10.7. The van der Waals surface area contributed by atoms with Crippen LogP contribution in [0.1, 0.15) is 27.9 Å². The molecule has 3 rings (SSSR count). The smallest absolute Gasteiger partial charge is 0.194 e. The van der Waals surface area contributed by atoms with E-state index in [-0.39, 0.29) is 12.4 Å². The largest absolute Gasteiger partial charge is 0.493 e. The van der Waals surface area contributed by atoms with Gasteiger partial charge in [-0.25, -0.2) is 0 Å². The third kappa shape index (κ3) is 5.33. The van der Waals surface area contributed by atoms with Crippen LogP contribution in [0.15, 0.2) is 59.1 Å². The van der Waals surface area contributed by atoms with E-state index >= 15 is 0 Å². The van der Waals surface area contributed by atoms with Crippen molar-refractivity contribution in [3.63, 3.8) is 0 Å². The van der Waals surface area contributed by atoms with Crippen LogP contribution < -0.4 is 15.8 Å². The van der Waals surface area contributed by atoms with Crippen molar-refractivity contribution in [2.75, 3.05) is 24.3 Å². The predicted octanol–water partition coefficient (Wildman–Crippen LogP) is 5.73. The van der Waals surface area contributed by atoms with Crippen LogP contribution in [0.4, 0.5) is 17.1 Å². The standard InChI is InChI=1S/C23H22BrClN2O3/c1-14-11-17(30-10-2-9-28)5-7-18(14)23(29)19-6-4-16(13-20(19)25)27-22-8-3-15(24)12-21(22)26/h3-8,11-13,27-28H,2,9-10,26H2,1H3. The number of ether oxygens (including phenoxy) is 1. The number of benzene rings is 3. The number of anilines is 3. The van der Waals surface area contributed by atoms with Crippen molar-refractivity contribution in [3.05, 3.63) is 80.8 Å². The number of halogens is 2. The maximum atomic E-state index is 13.0. The number of aliphatic hydroxyl groups excluding tert-OH is 1. The molecule has 4 N–H and O–H groups in total. The van der Waals surface area contributed by atoms with Crippen LogP contribution in [0.2, 0.25) is 5.02 Å². The third-order valence-corrected chi connectivity index (χ3v) is 5.33. The molecule has 0 aliphatic heterocycles. The fourth-order valence-corrected chi connectivity index (χ4v) is 3.61. The van der Waals surface area contributed by atoms with Gasteiger partial charge >= 0.3 is 0 Å². The number of hydrogen-bond donors (Lipinski definition) is 3. The first-order chi connectivity index (χ1) is 14.4. The van der Waals surface area contributed by atoms with Crippen LogP contribution in [0.25, 0.3) is 0 Å². The van der Waals surface area contributed by atoms with Gasteiger partial charge in [0.05, 0.1) is 23.0 Å². The van der Waals surface area contributed by atoms with Gasteiger partial charge in [0.1, 0.15) is 5.75 Å². The molecule has 0 unspecified atom stereocenters. The zero-order valence-electron chi connectivity index (χ0n) is 16.4. The Morgan fingerprint density at radius 2 is 1.90 bits per heavy atom. The van der Waals surface area contributed by atoms with Crippen molar-refractivity contribution < 1.29 is 14.6 Å². The molecule has 0 aliphatic carbocycles. The van der Waals surface area contributed by atoms with E-state index in [9.17, 15) is 4.79 Å². The summed E-state index contributed by atoms with van der Waals surface area (Å²) >= 11 is 9.81. The number of rotatable bonds is 8. The number of ketones is 1. The van der Waals surface area contributed by atoms with E-state index in [0.717, 1.165) is 21.4 Å². The van der Waals surface area contributed by atoms with Crippen LogP contribution in [0, 0.1) is 6.92 Å². The summed E-state index contributed by atoms with van der Waals surface area (Å²) in [6.45, 7) is 2.35. The second-order valence-electron chi connectivity index (χ2n) is 6.78. The lowest BCUT2D eigenvalue weighted by atomic mass is 9.98. The Morgan fingerprint density at radius 1 is 1.13 bits per heavy atom. The number of aryl methyl sites for hydroxylation is 1. The number of carbonyl (C=O) groups excluding carboxylic acids is 1. The predicted molar refractivity (Wildman–Crippen MR) is 125 cm³/mol. The van der Waals surface area contributed by atoms with Crippen molar-refractivity contribution >= 4 is 50.4 Å². The van der Waals surface area contributed by atoms with Gasteiger partial charge < -0.3 is 20.9 Å². The van der Waals surface area contributed by atoms with Gasteiger partial charge in [-0.1, -0.05) is 27.5 Å². The molecular formula is C23H22BrClN2O3. The first-order valence-electron chi connectivity index (χ1n) is 9.39. The van der Waals surface area contributed by atoms with E-state index in [2.05, 4.69) is 21.2 Å². The van der Waals surface area contributed by atoms with Crippen molar-refractivity contribution in [2.24, 2.45) is 0 Å². The average Bonchev–Trinajstić information content (AvgIpc) is 2.70. The Hall–Kier alpha value is -2.54. The van der Waals surface area contributed by atoms with Gasteiger partial charge in [-0.2, -0.15) is 0 Å². The number of nitrogens with one attached hydrogen (secondary N) is 1. The first kappa shape index (κ1) is 22.2. The molecule has 0 fully saturated rings.